The predicted octanol–water partition coefficient (Wildman–Crippen LogP) is 3.85. The second kappa shape index (κ2) is 5.98. The van der Waals surface area contributed by atoms with Crippen LogP contribution in [0.3, 0.4) is 0 Å². The van der Waals surface area contributed by atoms with Crippen LogP contribution in [0, 0.1) is 5.41 Å². The number of phenols is 1. The van der Waals surface area contributed by atoms with E-state index in [0.717, 1.165) is 18.5 Å². The molecule has 96 valence electrons. The monoisotopic (exact) mass is 252 g/mol. The number of aromatic hydroxyl groups is 1. The summed E-state index contributed by atoms with van der Waals surface area (Å²) in [6, 6.07) is 9.33. The Balaban J connectivity index is 2.10. The van der Waals surface area contributed by atoms with Crippen LogP contribution in [0.5, 0.6) is 5.75 Å². The molecule has 3 heteroatoms. The van der Waals surface area contributed by atoms with Gasteiger partial charge in [-0.15, -0.1) is 0 Å². The van der Waals surface area contributed by atoms with Crippen molar-refractivity contribution in [3.63, 3.8) is 0 Å². The van der Waals surface area contributed by atoms with Crippen molar-refractivity contribution in [2.24, 2.45) is 4.99 Å². The third-order valence-corrected chi connectivity index (χ3v) is 3.13. The van der Waals surface area contributed by atoms with Crippen LogP contribution < -0.4 is 0 Å². The Labute approximate surface area is 112 Å². The average Bonchev–Trinajstić information content (AvgIpc) is 2.42. The molecular weight excluding hydrogens is 236 g/mol. The number of hydrogen-bond acceptors (Lipinski definition) is 3. The fourth-order valence-corrected chi connectivity index (χ4v) is 2.03. The number of phenolic OH excluding ortho intramolecular Hbond substituents is 1. The zero-order valence-corrected chi connectivity index (χ0v) is 10.9. The number of allylic oxidation sites excluding steroid dienone is 5. The predicted molar refractivity (Wildman–Crippen MR) is 76.5 cm³/mol. The molecule has 1 aromatic rings. The molecule has 0 fully saturated rings. The first-order valence-corrected chi connectivity index (χ1v) is 6.16. The van der Waals surface area contributed by atoms with E-state index in [9.17, 15) is 5.11 Å². The molecule has 1 aliphatic carbocycles. The number of benzene rings is 1. The lowest BCUT2D eigenvalue weighted by Crippen LogP contribution is -1.94. The van der Waals surface area contributed by atoms with Crippen LogP contribution >= 0.6 is 0 Å². The van der Waals surface area contributed by atoms with Gasteiger partial charge in [0.25, 0.3) is 0 Å². The van der Waals surface area contributed by atoms with E-state index in [1.54, 1.807) is 12.1 Å². The largest absolute Gasteiger partial charge is 0.508 e. The highest BCUT2D eigenvalue weighted by atomic mass is 16.3. The summed E-state index contributed by atoms with van der Waals surface area (Å²) in [6.07, 6.45) is 7.65. The van der Waals surface area contributed by atoms with Crippen molar-refractivity contribution < 1.29 is 5.11 Å². The molecule has 0 saturated heterocycles. The summed E-state index contributed by atoms with van der Waals surface area (Å²) in [5.74, 6) is 0.295. The maximum absolute atomic E-state index is 9.26. The summed E-state index contributed by atoms with van der Waals surface area (Å²) >= 11 is 0. The minimum atomic E-state index is 0.295. The number of hydrogen-bond donors (Lipinski definition) is 2. The SMILES string of the molecule is CC(Cc1ccc(O)cc1)=C1C=CC(N=C=N)=CC1. The number of aliphatic imine (C=N–C) groups is 1. The van der Waals surface area contributed by atoms with E-state index in [4.69, 9.17) is 5.41 Å². The number of nitrogens with zero attached hydrogens (tertiary/aromatic N) is 1. The Kier molecular flexibility index (Phi) is 4.11. The highest BCUT2D eigenvalue weighted by Crippen LogP contribution is 2.22. The lowest BCUT2D eigenvalue weighted by Gasteiger charge is -2.10. The minimum Gasteiger partial charge on any atom is -0.508 e. The van der Waals surface area contributed by atoms with Gasteiger partial charge in [-0.3, -0.25) is 0 Å². The lowest BCUT2D eigenvalue weighted by atomic mass is 9.96. The summed E-state index contributed by atoms with van der Waals surface area (Å²) in [6.45, 7) is 2.12. The molecular formula is C16H16N2O. The van der Waals surface area contributed by atoms with Crippen molar-refractivity contribution in [2.75, 3.05) is 0 Å². The van der Waals surface area contributed by atoms with E-state index >= 15 is 0 Å². The van der Waals surface area contributed by atoms with E-state index < -0.39 is 0 Å². The quantitative estimate of drug-likeness (QED) is 0.789. The molecule has 0 aliphatic heterocycles. The maximum Gasteiger partial charge on any atom is 0.115 e. The topological polar surface area (TPSA) is 56.4 Å². The van der Waals surface area contributed by atoms with Crippen molar-refractivity contribution in [2.45, 2.75) is 19.8 Å². The van der Waals surface area contributed by atoms with Gasteiger partial charge in [0.1, 0.15) is 5.75 Å². The van der Waals surface area contributed by atoms with Gasteiger partial charge in [-0.1, -0.05) is 29.9 Å². The summed E-state index contributed by atoms with van der Waals surface area (Å²) in [5, 5.41) is 16.1. The molecule has 0 heterocycles. The molecule has 3 nitrogen and oxygen atoms in total. The molecule has 0 amide bonds. The fourth-order valence-electron chi connectivity index (χ4n) is 2.03. The standard InChI is InChI=1S/C16H16N2O/c1-12(10-13-2-8-16(19)9-3-13)14-4-6-15(7-5-14)18-11-17/h2-4,6-9,17,19H,5,10H2,1H3. The first kappa shape index (κ1) is 13.1. The molecule has 1 aliphatic rings. The summed E-state index contributed by atoms with van der Waals surface area (Å²) in [4.78, 5) is 3.81. The van der Waals surface area contributed by atoms with E-state index in [0.29, 0.717) is 5.75 Å². The molecule has 0 bridgehead atoms. The summed E-state index contributed by atoms with van der Waals surface area (Å²) in [5.41, 5.74) is 4.55. The smallest absolute Gasteiger partial charge is 0.115 e. The highest BCUT2D eigenvalue weighted by Gasteiger charge is 2.05. The molecule has 0 unspecified atom stereocenters. The van der Waals surface area contributed by atoms with Crippen molar-refractivity contribution in [3.05, 3.63) is 64.9 Å². The Morgan fingerprint density at radius 3 is 2.63 bits per heavy atom. The second-order valence-corrected chi connectivity index (χ2v) is 4.54. The van der Waals surface area contributed by atoms with Crippen LogP contribution in [0.15, 0.2) is 64.3 Å². The third-order valence-electron chi connectivity index (χ3n) is 3.13. The molecule has 1 aromatic carbocycles. The minimum absolute atomic E-state index is 0.295. The fraction of sp³-hybridized carbons (Fsp3) is 0.188. The van der Waals surface area contributed by atoms with Crippen molar-refractivity contribution in [3.8, 4) is 5.75 Å². The Bertz CT molecular complexity index is 600. The number of nitrogens with one attached hydrogen (secondary N) is 1. The van der Waals surface area contributed by atoms with Crippen molar-refractivity contribution in [1.29, 1.82) is 5.41 Å². The molecule has 2 rings (SSSR count). The van der Waals surface area contributed by atoms with Crippen LogP contribution in [0.2, 0.25) is 0 Å². The molecule has 19 heavy (non-hydrogen) atoms. The summed E-state index contributed by atoms with van der Waals surface area (Å²) < 4.78 is 0. The normalized spacial score (nSPS) is 16.6. The molecule has 0 spiro atoms. The Morgan fingerprint density at radius 1 is 1.32 bits per heavy atom. The van der Waals surface area contributed by atoms with E-state index in [-0.39, 0.29) is 0 Å². The third kappa shape index (κ3) is 3.54. The zero-order valence-electron chi connectivity index (χ0n) is 10.9. The lowest BCUT2D eigenvalue weighted by molar-refractivity contribution is 0.475. The van der Waals surface area contributed by atoms with Gasteiger partial charge in [0.15, 0.2) is 0 Å². The van der Waals surface area contributed by atoms with Gasteiger partial charge < -0.3 is 5.11 Å². The van der Waals surface area contributed by atoms with Gasteiger partial charge in [0.2, 0.25) is 0 Å². The molecule has 0 atom stereocenters. The average molecular weight is 252 g/mol. The first-order valence-electron chi connectivity index (χ1n) is 6.16. The Morgan fingerprint density at radius 2 is 2.05 bits per heavy atom. The second-order valence-electron chi connectivity index (χ2n) is 4.54. The molecule has 2 N–H and O–H groups in total. The molecule has 0 aromatic heterocycles. The van der Waals surface area contributed by atoms with Crippen LogP contribution in [0.1, 0.15) is 18.9 Å². The number of rotatable bonds is 3. The van der Waals surface area contributed by atoms with Gasteiger partial charge in [-0.25, -0.2) is 5.41 Å². The van der Waals surface area contributed by atoms with E-state index in [1.807, 2.05) is 36.4 Å². The van der Waals surface area contributed by atoms with Gasteiger partial charge in [0, 0.05) is 0 Å². The van der Waals surface area contributed by atoms with Gasteiger partial charge >= 0.3 is 0 Å². The van der Waals surface area contributed by atoms with E-state index in [1.165, 1.54) is 16.7 Å². The maximum atomic E-state index is 9.26. The first-order chi connectivity index (χ1) is 9.19. The van der Waals surface area contributed by atoms with Crippen molar-refractivity contribution in [1.82, 2.24) is 0 Å². The zero-order chi connectivity index (χ0) is 13.7. The molecule has 0 radical (unpaired) electrons. The summed E-state index contributed by atoms with van der Waals surface area (Å²) in [7, 11) is 0. The Hall–Kier alpha value is -2.38. The van der Waals surface area contributed by atoms with Crippen LogP contribution in [0.4, 0.5) is 0 Å². The van der Waals surface area contributed by atoms with Crippen LogP contribution in [0.25, 0.3) is 0 Å². The van der Waals surface area contributed by atoms with Crippen LogP contribution in [-0.4, -0.2) is 11.1 Å². The van der Waals surface area contributed by atoms with Gasteiger partial charge in [-0.05, 0) is 49.1 Å². The van der Waals surface area contributed by atoms with Gasteiger partial charge in [0.05, 0.1) is 11.7 Å². The van der Waals surface area contributed by atoms with Crippen molar-refractivity contribution >= 4 is 6.01 Å². The highest BCUT2D eigenvalue weighted by molar-refractivity contribution is 5.45. The van der Waals surface area contributed by atoms with E-state index in [2.05, 4.69) is 11.9 Å². The van der Waals surface area contributed by atoms with Crippen LogP contribution in [-0.2, 0) is 6.42 Å². The molecule has 0 saturated carbocycles. The van der Waals surface area contributed by atoms with Gasteiger partial charge in [-0.2, -0.15) is 4.99 Å².